The number of sulfonamides is 1. The van der Waals surface area contributed by atoms with Crippen molar-refractivity contribution in [3.63, 3.8) is 0 Å². The highest BCUT2D eigenvalue weighted by molar-refractivity contribution is 7.89. The Bertz CT molecular complexity index is 550. The molecule has 0 amide bonds. The highest BCUT2D eigenvalue weighted by atomic mass is 32.2. The monoisotopic (exact) mass is 318 g/mol. The van der Waals surface area contributed by atoms with E-state index in [1.54, 1.807) is 13.8 Å². The highest BCUT2D eigenvalue weighted by Gasteiger charge is 2.25. The summed E-state index contributed by atoms with van der Waals surface area (Å²) in [6.45, 7) is 8.91. The van der Waals surface area contributed by atoms with Gasteiger partial charge >= 0.3 is 0 Å². The van der Waals surface area contributed by atoms with Crippen LogP contribution in [0, 0.1) is 19.8 Å². The Hall–Kier alpha value is -0.890. The van der Waals surface area contributed by atoms with Crippen molar-refractivity contribution in [2.24, 2.45) is 11.7 Å². The lowest BCUT2D eigenvalue weighted by Crippen LogP contribution is -2.29. The summed E-state index contributed by atoms with van der Waals surface area (Å²) in [5.41, 5.74) is 6.14. The molecule has 0 radical (unpaired) electrons. The van der Waals surface area contributed by atoms with Crippen molar-refractivity contribution in [1.82, 2.24) is 4.72 Å². The van der Waals surface area contributed by atoms with Crippen molar-refractivity contribution in [3.8, 4) is 0 Å². The van der Waals surface area contributed by atoms with Gasteiger partial charge in [0.1, 0.15) is 16.4 Å². The Balaban J connectivity index is 2.58. The largest absolute Gasteiger partial charge is 0.465 e. The van der Waals surface area contributed by atoms with Crippen LogP contribution in [0.25, 0.3) is 0 Å². The first-order valence-electron chi connectivity index (χ1n) is 7.16. The van der Waals surface area contributed by atoms with Crippen molar-refractivity contribution in [1.29, 1.82) is 0 Å². The minimum absolute atomic E-state index is 0.129. The zero-order valence-electron chi connectivity index (χ0n) is 13.2. The SMILES string of the molecule is Cc1oc(C)c(S(=O)(=O)NCCOCCC(C)C)c1CN. The van der Waals surface area contributed by atoms with Crippen molar-refractivity contribution in [3.05, 3.63) is 17.1 Å². The van der Waals surface area contributed by atoms with Crippen LogP contribution in [0.2, 0.25) is 0 Å². The molecule has 0 saturated heterocycles. The highest BCUT2D eigenvalue weighted by Crippen LogP contribution is 2.25. The van der Waals surface area contributed by atoms with Gasteiger partial charge in [0.15, 0.2) is 0 Å². The van der Waals surface area contributed by atoms with E-state index in [1.807, 2.05) is 0 Å². The van der Waals surface area contributed by atoms with E-state index in [4.69, 9.17) is 14.9 Å². The summed E-state index contributed by atoms with van der Waals surface area (Å²) in [7, 11) is -3.62. The topological polar surface area (TPSA) is 94.6 Å². The third-order valence-electron chi connectivity index (χ3n) is 3.18. The van der Waals surface area contributed by atoms with Gasteiger partial charge in [0.05, 0.1) is 6.61 Å². The molecule has 0 aliphatic heterocycles. The molecule has 0 unspecified atom stereocenters. The molecular weight excluding hydrogens is 292 g/mol. The molecular formula is C14H26N2O4S. The molecule has 3 N–H and O–H groups in total. The van der Waals surface area contributed by atoms with Crippen molar-refractivity contribution >= 4 is 10.0 Å². The number of rotatable bonds is 9. The molecule has 0 saturated carbocycles. The lowest BCUT2D eigenvalue weighted by molar-refractivity contribution is 0.128. The van der Waals surface area contributed by atoms with Gasteiger partial charge in [-0.2, -0.15) is 0 Å². The van der Waals surface area contributed by atoms with Gasteiger partial charge in [-0.25, -0.2) is 13.1 Å². The number of nitrogens with one attached hydrogen (secondary N) is 1. The zero-order chi connectivity index (χ0) is 16.0. The molecule has 1 heterocycles. The fourth-order valence-corrected chi connectivity index (χ4v) is 3.51. The molecule has 0 bridgehead atoms. The number of hydrogen-bond donors (Lipinski definition) is 2. The van der Waals surface area contributed by atoms with Crippen LogP contribution in [0.15, 0.2) is 9.31 Å². The van der Waals surface area contributed by atoms with Gasteiger partial charge in [-0.05, 0) is 26.2 Å². The molecule has 1 aromatic heterocycles. The second kappa shape index (κ2) is 7.93. The van der Waals surface area contributed by atoms with E-state index in [-0.39, 0.29) is 18.0 Å². The summed E-state index contributed by atoms with van der Waals surface area (Å²) in [5.74, 6) is 1.48. The average molecular weight is 318 g/mol. The Labute approximate surface area is 127 Å². The van der Waals surface area contributed by atoms with Crippen LogP contribution in [0.4, 0.5) is 0 Å². The fourth-order valence-electron chi connectivity index (χ4n) is 2.04. The lowest BCUT2D eigenvalue weighted by Gasteiger charge is -2.09. The first kappa shape index (κ1) is 18.2. The molecule has 0 atom stereocenters. The van der Waals surface area contributed by atoms with E-state index >= 15 is 0 Å². The van der Waals surface area contributed by atoms with Crippen LogP contribution >= 0.6 is 0 Å². The molecule has 122 valence electrons. The summed E-state index contributed by atoms with van der Waals surface area (Å²) in [6.07, 6.45) is 0.962. The third-order valence-corrected chi connectivity index (χ3v) is 4.83. The quantitative estimate of drug-likeness (QED) is 0.676. The molecule has 21 heavy (non-hydrogen) atoms. The molecule has 0 spiro atoms. The maximum Gasteiger partial charge on any atom is 0.244 e. The number of hydrogen-bond acceptors (Lipinski definition) is 5. The van der Waals surface area contributed by atoms with Crippen LogP contribution < -0.4 is 10.5 Å². The van der Waals surface area contributed by atoms with Gasteiger partial charge in [-0.15, -0.1) is 0 Å². The van der Waals surface area contributed by atoms with Crippen molar-refractivity contribution in [2.75, 3.05) is 19.8 Å². The first-order valence-corrected chi connectivity index (χ1v) is 8.64. The first-order chi connectivity index (χ1) is 9.79. The Morgan fingerprint density at radius 1 is 1.24 bits per heavy atom. The van der Waals surface area contributed by atoms with E-state index in [2.05, 4.69) is 18.6 Å². The summed E-state index contributed by atoms with van der Waals surface area (Å²) >= 11 is 0. The van der Waals surface area contributed by atoms with Crippen molar-refractivity contribution in [2.45, 2.75) is 45.6 Å². The van der Waals surface area contributed by atoms with E-state index in [0.717, 1.165) is 6.42 Å². The molecule has 0 aliphatic carbocycles. The number of furan rings is 1. The predicted octanol–water partition coefficient (Wildman–Crippen LogP) is 1.70. The molecule has 1 rings (SSSR count). The minimum atomic E-state index is -3.62. The third kappa shape index (κ3) is 5.10. The summed E-state index contributed by atoms with van der Waals surface area (Å²) in [5, 5.41) is 0. The number of nitrogens with two attached hydrogens (primary N) is 1. The molecule has 0 fully saturated rings. The van der Waals surface area contributed by atoms with Gasteiger partial charge in [0.25, 0.3) is 0 Å². The normalized spacial score (nSPS) is 12.3. The van der Waals surface area contributed by atoms with Gasteiger partial charge in [0, 0.05) is 25.3 Å². The minimum Gasteiger partial charge on any atom is -0.465 e. The number of ether oxygens (including phenoxy) is 1. The van der Waals surface area contributed by atoms with Crippen LogP contribution in [0.3, 0.4) is 0 Å². The van der Waals surface area contributed by atoms with E-state index in [0.29, 0.717) is 36.2 Å². The Morgan fingerprint density at radius 3 is 2.48 bits per heavy atom. The zero-order valence-corrected chi connectivity index (χ0v) is 14.0. The molecule has 7 heteroatoms. The Kier molecular flexibility index (Phi) is 6.86. The van der Waals surface area contributed by atoms with Crippen LogP contribution in [0.1, 0.15) is 37.4 Å². The van der Waals surface area contributed by atoms with Gasteiger partial charge in [0.2, 0.25) is 10.0 Å². The fraction of sp³-hybridized carbons (Fsp3) is 0.714. The average Bonchev–Trinajstić information content (AvgIpc) is 2.68. The summed E-state index contributed by atoms with van der Waals surface area (Å²) in [6, 6.07) is 0. The standard InChI is InChI=1S/C14H26N2O4S/c1-10(2)5-7-19-8-6-16-21(17,18)14-12(4)20-11(3)13(14)9-15/h10,16H,5-9,15H2,1-4H3. The second-order valence-corrected chi connectivity index (χ2v) is 7.12. The molecule has 1 aromatic rings. The maximum atomic E-state index is 12.3. The number of aryl methyl sites for hydroxylation is 2. The smallest absolute Gasteiger partial charge is 0.244 e. The van der Waals surface area contributed by atoms with Crippen LogP contribution in [-0.2, 0) is 21.3 Å². The van der Waals surface area contributed by atoms with Crippen molar-refractivity contribution < 1.29 is 17.6 Å². The summed E-state index contributed by atoms with van der Waals surface area (Å²) < 4.78 is 37.9. The Morgan fingerprint density at radius 2 is 1.90 bits per heavy atom. The van der Waals surface area contributed by atoms with Gasteiger partial charge < -0.3 is 14.9 Å². The van der Waals surface area contributed by atoms with E-state index < -0.39 is 10.0 Å². The predicted molar refractivity (Wildman–Crippen MR) is 81.5 cm³/mol. The molecule has 0 aromatic carbocycles. The lowest BCUT2D eigenvalue weighted by atomic mass is 10.1. The van der Waals surface area contributed by atoms with Crippen LogP contribution in [-0.4, -0.2) is 28.2 Å². The van der Waals surface area contributed by atoms with E-state index in [9.17, 15) is 8.42 Å². The van der Waals surface area contributed by atoms with Gasteiger partial charge in [-0.1, -0.05) is 13.8 Å². The molecule has 6 nitrogen and oxygen atoms in total. The van der Waals surface area contributed by atoms with Gasteiger partial charge in [-0.3, -0.25) is 0 Å². The maximum absolute atomic E-state index is 12.3. The summed E-state index contributed by atoms with van der Waals surface area (Å²) in [4.78, 5) is 0.157. The van der Waals surface area contributed by atoms with E-state index in [1.165, 1.54) is 0 Å². The molecule has 0 aliphatic rings. The van der Waals surface area contributed by atoms with Crippen LogP contribution in [0.5, 0.6) is 0 Å². The second-order valence-electron chi connectivity index (χ2n) is 5.42.